The van der Waals surface area contributed by atoms with Gasteiger partial charge < -0.3 is 0 Å². The minimum absolute atomic E-state index is 0.238. The fraction of sp³-hybridized carbons (Fsp3) is 0.957. The number of rotatable bonds is 7. The Morgan fingerprint density at radius 1 is 0.607 bits per heavy atom. The molecular formula is C23H42Cl2P2Ru+2. The summed E-state index contributed by atoms with van der Waals surface area (Å²) >= 11 is -1.50. The van der Waals surface area contributed by atoms with Gasteiger partial charge >= 0.3 is 63.7 Å². The molecule has 0 aromatic carbocycles. The SMILES string of the molecule is C1CC1[PH+](C1CC1)C1CC1.C1CC1[PH+](C1CC1)C1CC1.C[C](C(C)C)=[Ru]([Cl])[Cl]. The Morgan fingerprint density at radius 3 is 0.893 bits per heavy atom. The van der Waals surface area contributed by atoms with Crippen LogP contribution in [0.25, 0.3) is 0 Å². The van der Waals surface area contributed by atoms with Crippen molar-refractivity contribution in [1.82, 2.24) is 0 Å². The van der Waals surface area contributed by atoms with E-state index in [0.717, 1.165) is 0 Å². The summed E-state index contributed by atoms with van der Waals surface area (Å²) in [5.41, 5.74) is 7.86. The molecule has 0 aromatic heterocycles. The number of hydrogen-bond donors (Lipinski definition) is 0. The van der Waals surface area contributed by atoms with Crippen molar-refractivity contribution >= 4 is 39.3 Å². The van der Waals surface area contributed by atoms with Crippen molar-refractivity contribution in [2.45, 2.75) is 132 Å². The molecule has 0 bridgehead atoms. The Balaban J connectivity index is 0.000000104. The normalized spacial score (nSPS) is 27.2. The third-order valence-electron chi connectivity index (χ3n) is 7.28. The van der Waals surface area contributed by atoms with Gasteiger partial charge in [-0.25, -0.2) is 0 Å². The van der Waals surface area contributed by atoms with Crippen LogP contribution < -0.4 is 0 Å². The van der Waals surface area contributed by atoms with Gasteiger partial charge in [-0.05, 0) is 77.0 Å². The molecule has 6 fully saturated rings. The van der Waals surface area contributed by atoms with Gasteiger partial charge in [0.15, 0.2) is 0 Å². The van der Waals surface area contributed by atoms with Gasteiger partial charge in [0, 0.05) is 15.8 Å². The van der Waals surface area contributed by atoms with Gasteiger partial charge in [0.2, 0.25) is 0 Å². The van der Waals surface area contributed by atoms with E-state index in [1.165, 1.54) is 38.1 Å². The Labute approximate surface area is 189 Å². The van der Waals surface area contributed by atoms with E-state index in [0.29, 0.717) is 5.92 Å². The summed E-state index contributed by atoms with van der Waals surface area (Å²) in [6.45, 7) is 6.26. The van der Waals surface area contributed by atoms with Crippen LogP contribution in [-0.2, 0) is 13.5 Å². The molecule has 0 amide bonds. The number of halogens is 2. The predicted octanol–water partition coefficient (Wildman–Crippen LogP) is 8.14. The maximum absolute atomic E-state index is 5.69. The van der Waals surface area contributed by atoms with Crippen molar-refractivity contribution in [2.24, 2.45) is 5.92 Å². The maximum atomic E-state index is 5.69. The van der Waals surface area contributed by atoms with Crippen molar-refractivity contribution in [3.8, 4) is 0 Å². The predicted molar refractivity (Wildman–Crippen MR) is 132 cm³/mol. The van der Waals surface area contributed by atoms with E-state index in [-0.39, 0.29) is 15.8 Å². The molecule has 28 heavy (non-hydrogen) atoms. The molecule has 0 N–H and O–H groups in total. The molecule has 6 saturated carbocycles. The van der Waals surface area contributed by atoms with E-state index in [4.69, 9.17) is 19.4 Å². The molecule has 164 valence electrons. The second-order valence-electron chi connectivity index (χ2n) is 10.6. The first-order chi connectivity index (χ1) is 13.5. The fourth-order valence-corrected chi connectivity index (χ4v) is 16.2. The van der Waals surface area contributed by atoms with Crippen LogP contribution in [0.1, 0.15) is 97.8 Å². The van der Waals surface area contributed by atoms with E-state index in [1.807, 2.05) is 6.92 Å². The molecule has 0 nitrogen and oxygen atoms in total. The summed E-state index contributed by atoms with van der Waals surface area (Å²) in [5.74, 6) is 0.559. The first-order valence-electron chi connectivity index (χ1n) is 12.0. The van der Waals surface area contributed by atoms with Gasteiger partial charge in [-0.3, -0.25) is 0 Å². The number of hydrogen-bond acceptors (Lipinski definition) is 0. The molecule has 0 aromatic rings. The molecule has 6 rings (SSSR count). The molecule has 0 aliphatic heterocycles. The van der Waals surface area contributed by atoms with E-state index in [9.17, 15) is 0 Å². The monoisotopic (exact) mass is 552 g/mol. The molecule has 5 heteroatoms. The third-order valence-corrected chi connectivity index (χ3v) is 20.9. The van der Waals surface area contributed by atoms with Crippen LogP contribution in [0, 0.1) is 5.92 Å². The van der Waals surface area contributed by atoms with Crippen molar-refractivity contribution in [1.29, 1.82) is 0 Å². The molecule has 0 radical (unpaired) electrons. The summed E-state index contributed by atoms with van der Waals surface area (Å²) in [6.07, 6.45) is 19.5. The quantitative estimate of drug-likeness (QED) is 0.221. The summed E-state index contributed by atoms with van der Waals surface area (Å²) in [6, 6.07) is 0. The summed E-state index contributed by atoms with van der Waals surface area (Å²) in [5, 5.41) is 0. The Kier molecular flexibility index (Phi) is 8.46. The van der Waals surface area contributed by atoms with Gasteiger partial charge in [0.25, 0.3) is 0 Å². The Hall–Kier alpha value is 1.93. The zero-order chi connectivity index (χ0) is 19.8. The van der Waals surface area contributed by atoms with Crippen molar-refractivity contribution in [2.75, 3.05) is 0 Å². The molecule has 0 unspecified atom stereocenters. The Bertz CT molecular complexity index is 460. The Morgan fingerprint density at radius 2 is 0.821 bits per heavy atom. The van der Waals surface area contributed by atoms with Gasteiger partial charge in [0.1, 0.15) is 0 Å². The molecule has 6 aliphatic rings. The van der Waals surface area contributed by atoms with Crippen molar-refractivity contribution in [3.63, 3.8) is 0 Å². The van der Waals surface area contributed by atoms with Crippen molar-refractivity contribution in [3.05, 3.63) is 0 Å². The summed E-state index contributed by atoms with van der Waals surface area (Å²) < 4.78 is 1.28. The molecule has 0 saturated heterocycles. The van der Waals surface area contributed by atoms with Crippen LogP contribution in [0.15, 0.2) is 0 Å². The summed E-state index contributed by atoms with van der Waals surface area (Å²) in [4.78, 5) is 0. The van der Waals surface area contributed by atoms with Crippen LogP contribution in [0.3, 0.4) is 0 Å². The zero-order valence-electron chi connectivity index (χ0n) is 18.1. The summed E-state index contributed by atoms with van der Waals surface area (Å²) in [7, 11) is 11.9. The van der Waals surface area contributed by atoms with E-state index >= 15 is 0 Å². The second-order valence-corrected chi connectivity index (χ2v) is 23.7. The molecule has 6 aliphatic carbocycles. The van der Waals surface area contributed by atoms with Crippen LogP contribution in [0.2, 0.25) is 0 Å². The van der Waals surface area contributed by atoms with Crippen LogP contribution in [-0.4, -0.2) is 38.1 Å². The van der Waals surface area contributed by atoms with Gasteiger partial charge in [-0.1, -0.05) is 0 Å². The average molecular weight is 553 g/mol. The molecule has 0 atom stereocenters. The molecule has 0 heterocycles. The van der Waals surface area contributed by atoms with Crippen LogP contribution in [0.5, 0.6) is 0 Å². The van der Waals surface area contributed by atoms with E-state index in [2.05, 4.69) is 13.8 Å². The third kappa shape index (κ3) is 7.51. The first kappa shape index (κ1) is 23.1. The first-order valence-corrected chi connectivity index (χ1v) is 20.8. The average Bonchev–Trinajstić information content (AvgIpc) is 3.43. The van der Waals surface area contributed by atoms with Crippen molar-refractivity contribution < 1.29 is 13.5 Å². The standard InChI is InChI=1S/2C9H15P.C5H10.2ClH.Ru/c2*1-2-7(1)10(8-3-4-8)9-5-6-9;1-4-5(2)3;;;/h2*7-9H,1-6H2;5H,1-3H3;2*1H;/q;;;;;+2. The van der Waals surface area contributed by atoms with Gasteiger partial charge in [-0.2, -0.15) is 0 Å². The van der Waals surface area contributed by atoms with E-state index in [1.54, 1.807) is 77.0 Å². The second kappa shape index (κ2) is 10.2. The zero-order valence-corrected chi connectivity index (χ0v) is 23.4. The molecule has 0 spiro atoms. The van der Waals surface area contributed by atoms with Gasteiger partial charge in [0.05, 0.1) is 34.0 Å². The fourth-order valence-electron chi connectivity index (χ4n) is 4.65. The van der Waals surface area contributed by atoms with Crippen LogP contribution in [0.4, 0.5) is 0 Å². The van der Waals surface area contributed by atoms with E-state index < -0.39 is 13.5 Å². The van der Waals surface area contributed by atoms with Crippen LogP contribution >= 0.6 is 35.2 Å². The topological polar surface area (TPSA) is 0 Å². The molecular weight excluding hydrogens is 510 g/mol. The minimum atomic E-state index is -1.50. The van der Waals surface area contributed by atoms with Gasteiger partial charge in [-0.15, -0.1) is 0 Å².